The number of aryl methyl sites for hydroxylation is 1. The van der Waals surface area contributed by atoms with Crippen molar-refractivity contribution in [3.8, 4) is 11.3 Å². The zero-order valence-electron chi connectivity index (χ0n) is 7.37. The largest absolute Gasteiger partial charge is 0.349 e. The van der Waals surface area contributed by atoms with Crippen molar-refractivity contribution < 1.29 is 0 Å². The van der Waals surface area contributed by atoms with E-state index in [2.05, 4.69) is 57.0 Å². The molecule has 0 saturated heterocycles. The molecule has 0 N–H and O–H groups in total. The van der Waals surface area contributed by atoms with Crippen molar-refractivity contribution in [2.75, 3.05) is 0 Å². The Morgan fingerprint density at radius 2 is 1.85 bits per heavy atom. The Morgan fingerprint density at radius 3 is 2.38 bits per heavy atom. The maximum atomic E-state index is 3.46. The lowest BCUT2D eigenvalue weighted by molar-refractivity contribution is 0.935. The molecular formula is C11H10BrN. The Labute approximate surface area is 86.1 Å². The van der Waals surface area contributed by atoms with Crippen LogP contribution < -0.4 is 0 Å². The molecule has 0 bridgehead atoms. The van der Waals surface area contributed by atoms with Crippen molar-refractivity contribution in [2.24, 2.45) is 7.05 Å². The third-order valence-electron chi connectivity index (χ3n) is 2.04. The Bertz CT molecular complexity index is 403. The summed E-state index contributed by atoms with van der Waals surface area (Å²) in [5, 5.41) is 0. The van der Waals surface area contributed by atoms with Gasteiger partial charge in [-0.1, -0.05) is 30.3 Å². The van der Waals surface area contributed by atoms with Crippen LogP contribution in [0.5, 0.6) is 0 Å². The van der Waals surface area contributed by atoms with Crippen molar-refractivity contribution in [3.63, 3.8) is 0 Å². The molecule has 1 heterocycles. The average Bonchev–Trinajstić information content (AvgIpc) is 2.47. The first-order valence-electron chi connectivity index (χ1n) is 4.14. The highest BCUT2D eigenvalue weighted by Crippen LogP contribution is 2.23. The smallest absolute Gasteiger partial charge is 0.0489 e. The SMILES string of the molecule is Cn1cc(Br)cc1-c1ccccc1. The molecule has 0 aliphatic rings. The van der Waals surface area contributed by atoms with Crippen LogP contribution in [0.1, 0.15) is 0 Å². The monoisotopic (exact) mass is 235 g/mol. The lowest BCUT2D eigenvalue weighted by atomic mass is 10.1. The minimum atomic E-state index is 1.12. The fourth-order valence-electron chi connectivity index (χ4n) is 1.42. The number of hydrogen-bond acceptors (Lipinski definition) is 0. The second kappa shape index (κ2) is 3.38. The topological polar surface area (TPSA) is 4.93 Å². The van der Waals surface area contributed by atoms with Gasteiger partial charge >= 0.3 is 0 Å². The highest BCUT2D eigenvalue weighted by Gasteiger charge is 2.02. The normalized spacial score (nSPS) is 10.3. The highest BCUT2D eigenvalue weighted by molar-refractivity contribution is 9.10. The summed E-state index contributed by atoms with van der Waals surface area (Å²) in [5.74, 6) is 0. The van der Waals surface area contributed by atoms with Crippen molar-refractivity contribution in [2.45, 2.75) is 0 Å². The molecule has 0 saturated carbocycles. The van der Waals surface area contributed by atoms with Crippen LogP contribution in [0.3, 0.4) is 0 Å². The maximum Gasteiger partial charge on any atom is 0.0489 e. The molecule has 2 heteroatoms. The number of nitrogens with zero attached hydrogens (tertiary/aromatic N) is 1. The molecular weight excluding hydrogens is 226 g/mol. The summed E-state index contributed by atoms with van der Waals surface area (Å²) in [7, 11) is 2.05. The van der Waals surface area contributed by atoms with Gasteiger partial charge in [-0.25, -0.2) is 0 Å². The summed E-state index contributed by atoms with van der Waals surface area (Å²) in [6.45, 7) is 0. The van der Waals surface area contributed by atoms with Crippen LogP contribution in [0.4, 0.5) is 0 Å². The molecule has 1 aromatic carbocycles. The van der Waals surface area contributed by atoms with Crippen molar-refractivity contribution in [3.05, 3.63) is 47.1 Å². The van der Waals surface area contributed by atoms with Crippen molar-refractivity contribution >= 4 is 15.9 Å². The number of aromatic nitrogens is 1. The summed E-state index contributed by atoms with van der Waals surface area (Å²) in [4.78, 5) is 0. The van der Waals surface area contributed by atoms with E-state index in [1.165, 1.54) is 11.3 Å². The van der Waals surface area contributed by atoms with E-state index in [4.69, 9.17) is 0 Å². The van der Waals surface area contributed by atoms with E-state index in [9.17, 15) is 0 Å². The number of benzene rings is 1. The lowest BCUT2D eigenvalue weighted by Gasteiger charge is -2.01. The Kier molecular flexibility index (Phi) is 2.23. The van der Waals surface area contributed by atoms with Gasteiger partial charge in [0.1, 0.15) is 0 Å². The van der Waals surface area contributed by atoms with Gasteiger partial charge in [-0.2, -0.15) is 0 Å². The first-order chi connectivity index (χ1) is 6.27. The number of hydrogen-bond donors (Lipinski definition) is 0. The first kappa shape index (κ1) is 8.57. The molecule has 2 rings (SSSR count). The van der Waals surface area contributed by atoms with E-state index in [0.29, 0.717) is 0 Å². The van der Waals surface area contributed by atoms with Crippen molar-refractivity contribution in [1.82, 2.24) is 4.57 Å². The quantitative estimate of drug-likeness (QED) is 0.714. The summed E-state index contributed by atoms with van der Waals surface area (Å²) >= 11 is 3.46. The molecule has 0 unspecified atom stereocenters. The van der Waals surface area contributed by atoms with E-state index in [1.54, 1.807) is 0 Å². The van der Waals surface area contributed by atoms with Gasteiger partial charge in [-0.15, -0.1) is 0 Å². The Morgan fingerprint density at radius 1 is 1.15 bits per heavy atom. The van der Waals surface area contributed by atoms with E-state index in [0.717, 1.165) is 4.47 Å². The molecule has 0 spiro atoms. The van der Waals surface area contributed by atoms with E-state index < -0.39 is 0 Å². The predicted molar refractivity (Wildman–Crippen MR) is 58.5 cm³/mol. The van der Waals surface area contributed by atoms with Crippen LogP contribution in [0, 0.1) is 0 Å². The van der Waals surface area contributed by atoms with Gasteiger partial charge in [0, 0.05) is 23.4 Å². The van der Waals surface area contributed by atoms with Gasteiger partial charge in [0.05, 0.1) is 0 Å². The van der Waals surface area contributed by atoms with E-state index >= 15 is 0 Å². The zero-order valence-corrected chi connectivity index (χ0v) is 8.95. The molecule has 1 aromatic heterocycles. The van der Waals surface area contributed by atoms with Gasteiger partial charge in [-0.3, -0.25) is 0 Å². The number of halogens is 1. The van der Waals surface area contributed by atoms with Crippen LogP contribution in [-0.4, -0.2) is 4.57 Å². The zero-order chi connectivity index (χ0) is 9.26. The van der Waals surface area contributed by atoms with Crippen LogP contribution >= 0.6 is 15.9 Å². The summed E-state index contributed by atoms with van der Waals surface area (Å²) in [5.41, 5.74) is 2.48. The van der Waals surface area contributed by atoms with E-state index in [-0.39, 0.29) is 0 Å². The highest BCUT2D eigenvalue weighted by atomic mass is 79.9. The molecule has 1 nitrogen and oxygen atoms in total. The molecule has 66 valence electrons. The average molecular weight is 236 g/mol. The Hall–Kier alpha value is -1.02. The maximum absolute atomic E-state index is 3.46. The first-order valence-corrected chi connectivity index (χ1v) is 4.94. The van der Waals surface area contributed by atoms with Gasteiger partial charge in [0.15, 0.2) is 0 Å². The Balaban J connectivity index is 2.53. The third-order valence-corrected chi connectivity index (χ3v) is 2.47. The standard InChI is InChI=1S/C11H10BrN/c1-13-8-10(12)7-11(13)9-5-3-2-4-6-9/h2-8H,1H3. The lowest BCUT2D eigenvalue weighted by Crippen LogP contribution is -1.87. The van der Waals surface area contributed by atoms with Gasteiger partial charge < -0.3 is 4.57 Å². The molecule has 13 heavy (non-hydrogen) atoms. The van der Waals surface area contributed by atoms with Crippen LogP contribution in [-0.2, 0) is 7.05 Å². The fraction of sp³-hybridized carbons (Fsp3) is 0.0909. The van der Waals surface area contributed by atoms with Crippen LogP contribution in [0.25, 0.3) is 11.3 Å². The van der Waals surface area contributed by atoms with E-state index in [1.807, 2.05) is 13.1 Å². The summed E-state index contributed by atoms with van der Waals surface area (Å²) < 4.78 is 3.23. The van der Waals surface area contributed by atoms with Gasteiger partial charge in [0.25, 0.3) is 0 Å². The van der Waals surface area contributed by atoms with Crippen LogP contribution in [0.2, 0.25) is 0 Å². The predicted octanol–water partition coefficient (Wildman–Crippen LogP) is 3.45. The minimum absolute atomic E-state index is 1.12. The van der Waals surface area contributed by atoms with Gasteiger partial charge in [-0.05, 0) is 27.6 Å². The molecule has 0 amide bonds. The summed E-state index contributed by atoms with van der Waals surface area (Å²) in [6.07, 6.45) is 2.06. The molecule has 0 aliphatic carbocycles. The van der Waals surface area contributed by atoms with Crippen molar-refractivity contribution in [1.29, 1.82) is 0 Å². The second-order valence-corrected chi connectivity index (χ2v) is 3.94. The molecule has 0 atom stereocenters. The second-order valence-electron chi connectivity index (χ2n) is 3.02. The molecule has 0 fully saturated rings. The van der Waals surface area contributed by atoms with Gasteiger partial charge in [0.2, 0.25) is 0 Å². The summed E-state index contributed by atoms with van der Waals surface area (Å²) in [6, 6.07) is 12.5. The minimum Gasteiger partial charge on any atom is -0.349 e. The fourth-order valence-corrected chi connectivity index (χ4v) is 1.94. The van der Waals surface area contributed by atoms with Crippen LogP contribution in [0.15, 0.2) is 47.1 Å². The molecule has 2 aromatic rings. The third kappa shape index (κ3) is 1.68. The molecule has 0 radical (unpaired) electrons. The number of rotatable bonds is 1. The molecule has 0 aliphatic heterocycles.